The molecule has 0 aliphatic heterocycles. The van der Waals surface area contributed by atoms with Gasteiger partial charge in [0.05, 0.1) is 23.4 Å². The molecule has 2 aromatic heterocycles. The molecule has 0 spiro atoms. The lowest BCUT2D eigenvalue weighted by Gasteiger charge is -2.09. The maximum absolute atomic E-state index is 12.0. The Kier molecular flexibility index (Phi) is 7.05. The van der Waals surface area contributed by atoms with Crippen LogP contribution in [0.3, 0.4) is 0 Å². The van der Waals surface area contributed by atoms with Gasteiger partial charge in [-0.3, -0.25) is 9.59 Å². The van der Waals surface area contributed by atoms with Crippen LogP contribution in [0, 0.1) is 6.92 Å². The Morgan fingerprint density at radius 1 is 1.22 bits per heavy atom. The number of hydrogen-bond donors (Lipinski definition) is 2. The van der Waals surface area contributed by atoms with Gasteiger partial charge in [0.2, 0.25) is 17.7 Å². The van der Waals surface area contributed by atoms with E-state index in [9.17, 15) is 22.8 Å². The summed E-state index contributed by atoms with van der Waals surface area (Å²) >= 11 is 1.08. The molecule has 2 amide bonds. The summed E-state index contributed by atoms with van der Waals surface area (Å²) < 4.78 is 45.4. The van der Waals surface area contributed by atoms with Crippen molar-refractivity contribution in [2.45, 2.75) is 13.1 Å². The van der Waals surface area contributed by atoms with Crippen molar-refractivity contribution < 1.29 is 32.0 Å². The summed E-state index contributed by atoms with van der Waals surface area (Å²) in [6.07, 6.45) is -3.28. The number of nitrogens with zero attached hydrogens (tertiary/aromatic N) is 2. The van der Waals surface area contributed by atoms with Gasteiger partial charge < -0.3 is 19.9 Å². The third kappa shape index (κ3) is 7.98. The molecule has 0 aliphatic rings. The van der Waals surface area contributed by atoms with Crippen molar-refractivity contribution in [1.82, 2.24) is 10.1 Å². The SMILES string of the molecule is Cc1cc(NC(=O)CSCC(=O)Nc2ccc(OCC(F)(F)F)nc2)no1. The number of carbonyl (C=O) groups excluding carboxylic acids is 2. The van der Waals surface area contributed by atoms with Crippen molar-refractivity contribution in [2.75, 3.05) is 28.7 Å². The number of amides is 2. The maximum Gasteiger partial charge on any atom is 0.422 e. The number of carbonyl (C=O) groups is 2. The molecule has 146 valence electrons. The molecule has 2 aromatic rings. The second-order valence-electron chi connectivity index (χ2n) is 5.20. The van der Waals surface area contributed by atoms with Crippen LogP contribution in [0.1, 0.15) is 5.76 Å². The molecule has 0 radical (unpaired) electrons. The Hall–Kier alpha value is -2.76. The molecule has 0 fully saturated rings. The molecule has 0 atom stereocenters. The standard InChI is InChI=1S/C15H15F3N4O4S/c1-9-4-11(22-26-9)21-13(24)7-27-6-12(23)20-10-2-3-14(19-5-10)25-8-15(16,17)18/h2-5H,6-8H2,1H3,(H,20,23)(H,21,22,24). The van der Waals surface area contributed by atoms with Gasteiger partial charge in [0.25, 0.3) is 0 Å². The van der Waals surface area contributed by atoms with Gasteiger partial charge in [0, 0.05) is 12.1 Å². The number of halogens is 3. The van der Waals surface area contributed by atoms with Crippen LogP contribution < -0.4 is 15.4 Å². The van der Waals surface area contributed by atoms with E-state index in [1.807, 2.05) is 0 Å². The fraction of sp³-hybridized carbons (Fsp3) is 0.333. The van der Waals surface area contributed by atoms with Crippen molar-refractivity contribution >= 4 is 35.1 Å². The highest BCUT2D eigenvalue weighted by molar-refractivity contribution is 8.00. The number of pyridine rings is 1. The molecule has 0 aromatic carbocycles. The number of thioether (sulfide) groups is 1. The summed E-state index contributed by atoms with van der Waals surface area (Å²) in [6.45, 7) is 0.240. The Labute approximate surface area is 155 Å². The molecule has 2 heterocycles. The van der Waals surface area contributed by atoms with Crippen LogP contribution in [0.15, 0.2) is 28.9 Å². The predicted octanol–water partition coefficient (Wildman–Crippen LogP) is 2.63. The average Bonchev–Trinajstić information content (AvgIpc) is 2.98. The number of anilines is 2. The largest absolute Gasteiger partial charge is 0.468 e. The highest BCUT2D eigenvalue weighted by Crippen LogP contribution is 2.18. The van der Waals surface area contributed by atoms with Gasteiger partial charge in [-0.25, -0.2) is 4.98 Å². The minimum atomic E-state index is -4.45. The Morgan fingerprint density at radius 3 is 2.48 bits per heavy atom. The first kappa shape index (κ1) is 20.6. The number of aryl methyl sites for hydroxylation is 1. The molecule has 2 rings (SSSR count). The van der Waals surface area contributed by atoms with E-state index in [2.05, 4.69) is 25.5 Å². The van der Waals surface area contributed by atoms with E-state index in [1.165, 1.54) is 18.3 Å². The first-order chi connectivity index (χ1) is 12.7. The van der Waals surface area contributed by atoms with E-state index < -0.39 is 18.7 Å². The molecule has 0 unspecified atom stereocenters. The fourth-order valence-corrected chi connectivity index (χ4v) is 2.35. The molecule has 27 heavy (non-hydrogen) atoms. The number of nitrogens with one attached hydrogen (secondary N) is 2. The van der Waals surface area contributed by atoms with Crippen molar-refractivity contribution in [3.8, 4) is 5.88 Å². The van der Waals surface area contributed by atoms with Crippen molar-refractivity contribution in [3.05, 3.63) is 30.2 Å². The lowest BCUT2D eigenvalue weighted by molar-refractivity contribution is -0.154. The summed E-state index contributed by atoms with van der Waals surface area (Å²) in [5.74, 6) is -0.0641. The lowest BCUT2D eigenvalue weighted by Crippen LogP contribution is -2.20. The summed E-state index contributed by atoms with van der Waals surface area (Å²) in [4.78, 5) is 27.1. The first-order valence-electron chi connectivity index (χ1n) is 7.47. The number of alkyl halides is 3. The second-order valence-corrected chi connectivity index (χ2v) is 6.19. The molecule has 0 saturated carbocycles. The van der Waals surface area contributed by atoms with Crippen LogP contribution in [0.2, 0.25) is 0 Å². The number of hydrogen-bond acceptors (Lipinski definition) is 7. The summed E-state index contributed by atoms with van der Waals surface area (Å²) in [6, 6.07) is 4.13. The van der Waals surface area contributed by atoms with E-state index >= 15 is 0 Å². The average molecular weight is 404 g/mol. The van der Waals surface area contributed by atoms with Gasteiger partial charge in [-0.2, -0.15) is 13.2 Å². The maximum atomic E-state index is 12.0. The van der Waals surface area contributed by atoms with Crippen molar-refractivity contribution in [2.24, 2.45) is 0 Å². The lowest BCUT2D eigenvalue weighted by atomic mass is 10.4. The molecule has 0 aliphatic carbocycles. The van der Waals surface area contributed by atoms with E-state index in [0.29, 0.717) is 17.3 Å². The summed E-state index contributed by atoms with van der Waals surface area (Å²) in [7, 11) is 0. The molecular formula is C15H15F3N4O4S. The molecule has 2 N–H and O–H groups in total. The molecule has 0 saturated heterocycles. The van der Waals surface area contributed by atoms with E-state index in [4.69, 9.17) is 4.52 Å². The number of ether oxygens (including phenoxy) is 1. The molecule has 8 nitrogen and oxygen atoms in total. The van der Waals surface area contributed by atoms with Gasteiger partial charge in [0.1, 0.15) is 5.76 Å². The highest BCUT2D eigenvalue weighted by Gasteiger charge is 2.28. The second kappa shape index (κ2) is 9.26. The zero-order chi connectivity index (χ0) is 19.9. The summed E-state index contributed by atoms with van der Waals surface area (Å²) in [5, 5.41) is 8.64. The third-order valence-corrected chi connectivity index (χ3v) is 3.70. The zero-order valence-corrected chi connectivity index (χ0v) is 14.8. The molecular weight excluding hydrogens is 389 g/mol. The van der Waals surface area contributed by atoms with Crippen molar-refractivity contribution in [1.29, 1.82) is 0 Å². The zero-order valence-electron chi connectivity index (χ0n) is 14.0. The van der Waals surface area contributed by atoms with Crippen LogP contribution in [0.25, 0.3) is 0 Å². The molecule has 0 bridgehead atoms. The fourth-order valence-electron chi connectivity index (χ4n) is 1.73. The van der Waals surface area contributed by atoms with Gasteiger partial charge in [-0.15, -0.1) is 11.8 Å². The van der Waals surface area contributed by atoms with E-state index in [0.717, 1.165) is 11.8 Å². The quantitative estimate of drug-likeness (QED) is 0.697. The Bertz CT molecular complexity index is 780. The summed E-state index contributed by atoms with van der Waals surface area (Å²) in [5.41, 5.74) is 0.294. The smallest absolute Gasteiger partial charge is 0.422 e. The van der Waals surface area contributed by atoms with E-state index in [-0.39, 0.29) is 23.3 Å². The van der Waals surface area contributed by atoms with Crippen LogP contribution in [0.4, 0.5) is 24.7 Å². The van der Waals surface area contributed by atoms with Crippen LogP contribution >= 0.6 is 11.8 Å². The van der Waals surface area contributed by atoms with E-state index in [1.54, 1.807) is 13.0 Å². The molecule has 12 heteroatoms. The Morgan fingerprint density at radius 2 is 1.93 bits per heavy atom. The van der Waals surface area contributed by atoms with Crippen molar-refractivity contribution in [3.63, 3.8) is 0 Å². The monoisotopic (exact) mass is 404 g/mol. The predicted molar refractivity (Wildman–Crippen MR) is 91.6 cm³/mol. The topological polar surface area (TPSA) is 106 Å². The van der Waals surface area contributed by atoms with Gasteiger partial charge in [0.15, 0.2) is 12.4 Å². The number of rotatable bonds is 8. The van der Waals surface area contributed by atoms with Gasteiger partial charge in [-0.05, 0) is 13.0 Å². The van der Waals surface area contributed by atoms with Crippen LogP contribution in [-0.4, -0.2) is 46.2 Å². The highest BCUT2D eigenvalue weighted by atomic mass is 32.2. The van der Waals surface area contributed by atoms with Crippen LogP contribution in [0.5, 0.6) is 5.88 Å². The Balaban J connectivity index is 1.68. The normalized spacial score (nSPS) is 11.1. The van der Waals surface area contributed by atoms with Gasteiger partial charge in [-0.1, -0.05) is 5.16 Å². The number of aromatic nitrogens is 2. The van der Waals surface area contributed by atoms with Crippen LogP contribution in [-0.2, 0) is 9.59 Å². The first-order valence-corrected chi connectivity index (χ1v) is 8.63. The minimum absolute atomic E-state index is 0.00239. The third-order valence-electron chi connectivity index (χ3n) is 2.77. The minimum Gasteiger partial charge on any atom is -0.468 e. The van der Waals surface area contributed by atoms with Gasteiger partial charge >= 0.3 is 6.18 Å².